The van der Waals surface area contributed by atoms with Gasteiger partial charge in [0.2, 0.25) is 0 Å². The summed E-state index contributed by atoms with van der Waals surface area (Å²) in [6, 6.07) is 0.0940. The molecule has 2 nitrogen and oxygen atoms in total. The van der Waals surface area contributed by atoms with Gasteiger partial charge in [-0.3, -0.25) is 4.79 Å². The summed E-state index contributed by atoms with van der Waals surface area (Å²) in [5, 5.41) is 0. The Morgan fingerprint density at radius 3 is 2.33 bits per heavy atom. The first-order chi connectivity index (χ1) is 11.0. The topological polar surface area (TPSA) is 26.3 Å². The van der Waals surface area contributed by atoms with E-state index in [1.165, 1.54) is 6.08 Å². The summed E-state index contributed by atoms with van der Waals surface area (Å²) < 4.78 is 70.9. The smallest absolute Gasteiger partial charge is 0.312 e. The van der Waals surface area contributed by atoms with Crippen LogP contribution in [0.2, 0.25) is 0 Å². The van der Waals surface area contributed by atoms with Crippen molar-refractivity contribution in [1.29, 1.82) is 0 Å². The minimum absolute atomic E-state index is 0.0890. The van der Waals surface area contributed by atoms with Crippen LogP contribution in [-0.2, 0) is 9.53 Å². The van der Waals surface area contributed by atoms with Crippen molar-refractivity contribution in [1.82, 2.24) is 0 Å². The van der Waals surface area contributed by atoms with Gasteiger partial charge in [-0.15, -0.1) is 0 Å². The Kier molecular flexibility index (Phi) is 5.16. The molecule has 132 valence electrons. The monoisotopic (exact) mass is 388 g/mol. The number of alkyl halides is 1. The van der Waals surface area contributed by atoms with Crippen LogP contribution >= 0.6 is 23.2 Å². The van der Waals surface area contributed by atoms with Crippen LogP contribution in [0.3, 0.4) is 0 Å². The third kappa shape index (κ3) is 3.37. The molecule has 1 aliphatic carbocycles. The molecule has 0 amide bonds. The van der Waals surface area contributed by atoms with Crippen LogP contribution in [-0.4, -0.2) is 5.97 Å². The number of rotatable bonds is 4. The second-order valence-corrected chi connectivity index (χ2v) is 6.93. The third-order valence-corrected chi connectivity index (χ3v) is 4.32. The largest absolute Gasteiger partial charge is 0.426 e. The third-order valence-electron chi connectivity index (χ3n) is 4.07. The van der Waals surface area contributed by atoms with Crippen molar-refractivity contribution in [3.8, 4) is 0 Å². The summed E-state index contributed by atoms with van der Waals surface area (Å²) in [6.45, 7) is 3.34. The van der Waals surface area contributed by atoms with Gasteiger partial charge in [0, 0.05) is 0 Å². The standard InChI is InChI=1S/C15H11Cl2F5O2/c1-15(2)6(4-8(16)17)9(15)14(23)24-13(22)5-3-7(18)11(20)12(21)10(5)19/h3-4,6,9,13H,1-2H3. The number of allylic oxidation sites excluding steroid dienone is 1. The fourth-order valence-electron chi connectivity index (χ4n) is 2.57. The molecular weight excluding hydrogens is 378 g/mol. The lowest BCUT2D eigenvalue weighted by Crippen LogP contribution is -2.15. The highest BCUT2D eigenvalue weighted by atomic mass is 35.5. The predicted octanol–water partition coefficient (Wildman–Crippen LogP) is 5.35. The Labute approximate surface area is 144 Å². The fraction of sp³-hybridized carbons (Fsp3) is 0.400. The lowest BCUT2D eigenvalue weighted by Gasteiger charge is -2.12. The van der Waals surface area contributed by atoms with Gasteiger partial charge < -0.3 is 4.74 Å². The van der Waals surface area contributed by atoms with Crippen LogP contribution in [0.5, 0.6) is 0 Å². The van der Waals surface area contributed by atoms with E-state index in [1.54, 1.807) is 13.8 Å². The molecule has 3 unspecified atom stereocenters. The minimum atomic E-state index is -2.80. The average Bonchev–Trinajstić information content (AvgIpc) is 3.00. The van der Waals surface area contributed by atoms with E-state index < -0.39 is 58.4 Å². The summed E-state index contributed by atoms with van der Waals surface area (Å²) in [7, 11) is 0. The maximum absolute atomic E-state index is 14.0. The molecule has 1 aliphatic rings. The predicted molar refractivity (Wildman–Crippen MR) is 76.8 cm³/mol. The van der Waals surface area contributed by atoms with E-state index in [0.717, 1.165) is 0 Å². The Morgan fingerprint density at radius 2 is 1.79 bits per heavy atom. The number of hydrogen-bond donors (Lipinski definition) is 0. The first-order valence-corrected chi connectivity index (χ1v) is 7.44. The minimum Gasteiger partial charge on any atom is -0.426 e. The first kappa shape index (κ1) is 19.0. The lowest BCUT2D eigenvalue weighted by molar-refractivity contribution is -0.161. The Morgan fingerprint density at radius 1 is 1.21 bits per heavy atom. The van der Waals surface area contributed by atoms with Crippen molar-refractivity contribution >= 4 is 29.2 Å². The molecule has 3 atom stereocenters. The average molecular weight is 389 g/mol. The number of carbonyl (C=O) groups excluding carboxylic acids is 1. The van der Waals surface area contributed by atoms with E-state index in [2.05, 4.69) is 4.74 Å². The highest BCUT2D eigenvalue weighted by molar-refractivity contribution is 6.55. The van der Waals surface area contributed by atoms with E-state index in [9.17, 15) is 26.7 Å². The van der Waals surface area contributed by atoms with Crippen LogP contribution < -0.4 is 0 Å². The van der Waals surface area contributed by atoms with Crippen LogP contribution in [0, 0.1) is 40.5 Å². The molecule has 9 heteroatoms. The van der Waals surface area contributed by atoms with E-state index in [0.29, 0.717) is 0 Å². The van der Waals surface area contributed by atoms with Crippen molar-refractivity contribution in [3.63, 3.8) is 0 Å². The first-order valence-electron chi connectivity index (χ1n) is 6.68. The molecule has 0 N–H and O–H groups in total. The molecule has 1 saturated carbocycles. The molecular formula is C15H11Cl2F5O2. The quantitative estimate of drug-likeness (QED) is 0.301. The van der Waals surface area contributed by atoms with Crippen molar-refractivity contribution in [2.45, 2.75) is 20.2 Å². The zero-order chi connectivity index (χ0) is 18.4. The van der Waals surface area contributed by atoms with Crippen LogP contribution in [0.1, 0.15) is 25.8 Å². The van der Waals surface area contributed by atoms with Crippen molar-refractivity contribution in [2.75, 3.05) is 0 Å². The molecule has 2 rings (SSSR count). The molecule has 0 bridgehead atoms. The van der Waals surface area contributed by atoms with Crippen LogP contribution in [0.15, 0.2) is 16.6 Å². The Hall–Kier alpha value is -1.34. The van der Waals surface area contributed by atoms with Crippen molar-refractivity contribution in [2.24, 2.45) is 17.3 Å². The molecule has 0 spiro atoms. The van der Waals surface area contributed by atoms with Gasteiger partial charge in [-0.1, -0.05) is 37.0 Å². The van der Waals surface area contributed by atoms with Crippen LogP contribution in [0.4, 0.5) is 22.0 Å². The van der Waals surface area contributed by atoms with Crippen LogP contribution in [0.25, 0.3) is 0 Å². The number of benzene rings is 1. The molecule has 0 aromatic heterocycles. The van der Waals surface area contributed by atoms with Gasteiger partial charge in [-0.05, 0) is 23.5 Å². The normalized spacial score (nSPS) is 22.7. The molecule has 1 aromatic carbocycles. The number of halogens is 7. The number of carbonyl (C=O) groups is 1. The van der Waals surface area contributed by atoms with Gasteiger partial charge in [0.15, 0.2) is 23.3 Å². The van der Waals surface area contributed by atoms with E-state index in [1.807, 2.05) is 0 Å². The lowest BCUT2D eigenvalue weighted by atomic mass is 10.1. The number of hydrogen-bond acceptors (Lipinski definition) is 2. The second-order valence-electron chi connectivity index (χ2n) is 5.92. The summed E-state index contributed by atoms with van der Waals surface area (Å²) in [4.78, 5) is 12.0. The van der Waals surface area contributed by atoms with Gasteiger partial charge in [-0.25, -0.2) is 17.6 Å². The molecule has 1 aromatic rings. The molecule has 24 heavy (non-hydrogen) atoms. The van der Waals surface area contributed by atoms with Crippen molar-refractivity contribution in [3.05, 3.63) is 45.5 Å². The summed E-state index contributed by atoms with van der Waals surface area (Å²) in [6.07, 6.45) is -1.42. The van der Waals surface area contributed by atoms with Crippen molar-refractivity contribution < 1.29 is 31.5 Å². The van der Waals surface area contributed by atoms with Gasteiger partial charge >= 0.3 is 5.97 Å². The highest BCUT2D eigenvalue weighted by Crippen LogP contribution is 2.60. The maximum atomic E-state index is 14.0. The summed E-state index contributed by atoms with van der Waals surface area (Å²) in [5.41, 5.74) is -1.88. The molecule has 1 fully saturated rings. The second kappa shape index (κ2) is 6.52. The van der Waals surface area contributed by atoms with E-state index in [4.69, 9.17) is 23.2 Å². The molecule has 0 heterocycles. The van der Waals surface area contributed by atoms with Gasteiger partial charge in [0.25, 0.3) is 6.36 Å². The highest BCUT2D eigenvalue weighted by Gasteiger charge is 2.62. The van der Waals surface area contributed by atoms with E-state index >= 15 is 0 Å². The molecule has 0 aliphatic heterocycles. The van der Waals surface area contributed by atoms with E-state index in [-0.39, 0.29) is 10.6 Å². The zero-order valence-electron chi connectivity index (χ0n) is 12.3. The number of ether oxygens (including phenoxy) is 1. The molecule has 0 saturated heterocycles. The van der Waals surface area contributed by atoms with Gasteiger partial charge in [0.05, 0.1) is 11.5 Å². The van der Waals surface area contributed by atoms with Gasteiger partial charge in [0.1, 0.15) is 4.49 Å². The summed E-state index contributed by atoms with van der Waals surface area (Å²) in [5.74, 6) is -10.4. The number of esters is 1. The summed E-state index contributed by atoms with van der Waals surface area (Å²) >= 11 is 11.0. The fourth-order valence-corrected chi connectivity index (χ4v) is 2.84. The Bertz CT molecular complexity index is 716. The molecule has 0 radical (unpaired) electrons. The zero-order valence-corrected chi connectivity index (χ0v) is 13.9. The SMILES string of the molecule is CC1(C)C(C=C(Cl)Cl)C1C(=O)OC(F)c1cc(F)c(F)c(F)c1F. The van der Waals surface area contributed by atoms with Gasteiger partial charge in [-0.2, -0.15) is 4.39 Å². The maximum Gasteiger partial charge on any atom is 0.312 e. The Balaban J connectivity index is 2.18.